The van der Waals surface area contributed by atoms with Crippen LogP contribution in [0.4, 0.5) is 5.69 Å². The number of anilines is 1. The number of nitrogens with one attached hydrogen (secondary N) is 1. The van der Waals surface area contributed by atoms with Gasteiger partial charge in [-0.2, -0.15) is 0 Å². The maximum absolute atomic E-state index is 6.30. The molecule has 1 N–H and O–H groups in total. The lowest BCUT2D eigenvalue weighted by atomic mass is 9.98. The summed E-state index contributed by atoms with van der Waals surface area (Å²) in [5, 5.41) is 5.14. The Morgan fingerprint density at radius 1 is 1.39 bits per heavy atom. The van der Waals surface area contributed by atoms with Crippen LogP contribution < -0.4 is 10.2 Å². The molecule has 0 aliphatic carbocycles. The minimum Gasteiger partial charge on any atom is -0.368 e. The third kappa shape index (κ3) is 3.11. The van der Waals surface area contributed by atoms with E-state index in [-0.39, 0.29) is 5.54 Å². The SMILES string of the molecule is CCC1(C)CN(c2cc(Cl)ccc2Cl)CCCN1. The van der Waals surface area contributed by atoms with Crippen LogP contribution in [0, 0.1) is 0 Å². The number of rotatable bonds is 2. The molecule has 0 spiro atoms. The summed E-state index contributed by atoms with van der Waals surface area (Å²) in [6.07, 6.45) is 2.22. The van der Waals surface area contributed by atoms with Crippen LogP contribution in [0.5, 0.6) is 0 Å². The van der Waals surface area contributed by atoms with E-state index >= 15 is 0 Å². The van der Waals surface area contributed by atoms with Gasteiger partial charge in [-0.15, -0.1) is 0 Å². The van der Waals surface area contributed by atoms with Crippen LogP contribution in [0.2, 0.25) is 10.0 Å². The molecule has 1 heterocycles. The summed E-state index contributed by atoms with van der Waals surface area (Å²) in [5.74, 6) is 0. The van der Waals surface area contributed by atoms with Gasteiger partial charge >= 0.3 is 0 Å². The lowest BCUT2D eigenvalue weighted by Gasteiger charge is -2.34. The fraction of sp³-hybridized carbons (Fsp3) is 0.571. The number of hydrogen-bond acceptors (Lipinski definition) is 2. The van der Waals surface area contributed by atoms with Crippen LogP contribution in [0.25, 0.3) is 0 Å². The molecule has 0 amide bonds. The first-order chi connectivity index (χ1) is 8.54. The Morgan fingerprint density at radius 3 is 2.89 bits per heavy atom. The van der Waals surface area contributed by atoms with Crippen molar-refractivity contribution >= 4 is 28.9 Å². The van der Waals surface area contributed by atoms with E-state index in [0.717, 1.165) is 48.2 Å². The van der Waals surface area contributed by atoms with Crippen molar-refractivity contribution < 1.29 is 0 Å². The minimum absolute atomic E-state index is 0.141. The second kappa shape index (κ2) is 5.68. The van der Waals surface area contributed by atoms with Gasteiger partial charge in [0.1, 0.15) is 0 Å². The highest BCUT2D eigenvalue weighted by molar-refractivity contribution is 6.35. The van der Waals surface area contributed by atoms with E-state index in [1.165, 1.54) is 0 Å². The predicted molar refractivity (Wildman–Crippen MR) is 80.0 cm³/mol. The molecule has 4 heteroatoms. The van der Waals surface area contributed by atoms with Crippen molar-refractivity contribution in [2.45, 2.75) is 32.2 Å². The Balaban J connectivity index is 2.28. The summed E-state index contributed by atoms with van der Waals surface area (Å²) < 4.78 is 0. The number of hydrogen-bond donors (Lipinski definition) is 1. The van der Waals surface area contributed by atoms with Gasteiger partial charge < -0.3 is 10.2 Å². The van der Waals surface area contributed by atoms with Gasteiger partial charge in [-0.05, 0) is 44.5 Å². The number of nitrogens with zero attached hydrogens (tertiary/aromatic N) is 1. The smallest absolute Gasteiger partial charge is 0.0640 e. The second-order valence-corrected chi connectivity index (χ2v) is 6.06. The first-order valence-electron chi connectivity index (χ1n) is 6.49. The van der Waals surface area contributed by atoms with Crippen molar-refractivity contribution in [1.29, 1.82) is 0 Å². The van der Waals surface area contributed by atoms with Crippen molar-refractivity contribution in [1.82, 2.24) is 5.32 Å². The molecule has 100 valence electrons. The summed E-state index contributed by atoms with van der Waals surface area (Å²) in [6, 6.07) is 5.68. The van der Waals surface area contributed by atoms with Crippen molar-refractivity contribution in [2.75, 3.05) is 24.5 Å². The third-order valence-corrected chi connectivity index (χ3v) is 4.28. The zero-order valence-electron chi connectivity index (χ0n) is 11.0. The van der Waals surface area contributed by atoms with Gasteiger partial charge in [0.15, 0.2) is 0 Å². The van der Waals surface area contributed by atoms with Gasteiger partial charge in [0.05, 0.1) is 10.7 Å². The second-order valence-electron chi connectivity index (χ2n) is 5.21. The van der Waals surface area contributed by atoms with Crippen molar-refractivity contribution in [2.24, 2.45) is 0 Å². The minimum atomic E-state index is 0.141. The average molecular weight is 287 g/mol. The molecule has 1 atom stereocenters. The van der Waals surface area contributed by atoms with Crippen LogP contribution >= 0.6 is 23.2 Å². The molecule has 1 aromatic carbocycles. The van der Waals surface area contributed by atoms with Gasteiger partial charge in [-0.3, -0.25) is 0 Å². The fourth-order valence-corrected chi connectivity index (χ4v) is 2.79. The topological polar surface area (TPSA) is 15.3 Å². The van der Waals surface area contributed by atoms with Gasteiger partial charge in [0.2, 0.25) is 0 Å². The Hall–Kier alpha value is -0.440. The van der Waals surface area contributed by atoms with Gasteiger partial charge in [-0.25, -0.2) is 0 Å². The lowest BCUT2D eigenvalue weighted by Crippen LogP contribution is -2.48. The highest BCUT2D eigenvalue weighted by Crippen LogP contribution is 2.31. The average Bonchev–Trinajstić information content (AvgIpc) is 2.55. The van der Waals surface area contributed by atoms with Crippen molar-refractivity contribution in [3.8, 4) is 0 Å². The lowest BCUT2D eigenvalue weighted by molar-refractivity contribution is 0.366. The summed E-state index contributed by atoms with van der Waals surface area (Å²) in [4.78, 5) is 2.34. The summed E-state index contributed by atoms with van der Waals surface area (Å²) >= 11 is 12.4. The fourth-order valence-electron chi connectivity index (χ4n) is 2.39. The quantitative estimate of drug-likeness (QED) is 0.885. The largest absolute Gasteiger partial charge is 0.368 e. The first-order valence-corrected chi connectivity index (χ1v) is 7.25. The van der Waals surface area contributed by atoms with E-state index in [1.807, 2.05) is 18.2 Å². The normalized spacial score (nSPS) is 25.0. The molecule has 1 aliphatic heterocycles. The molecule has 0 saturated carbocycles. The monoisotopic (exact) mass is 286 g/mol. The van der Waals surface area contributed by atoms with E-state index in [1.54, 1.807) is 0 Å². The van der Waals surface area contributed by atoms with E-state index in [9.17, 15) is 0 Å². The third-order valence-electron chi connectivity index (χ3n) is 3.73. The van der Waals surface area contributed by atoms with E-state index in [0.29, 0.717) is 0 Å². The van der Waals surface area contributed by atoms with Crippen LogP contribution in [0.1, 0.15) is 26.7 Å². The Kier molecular flexibility index (Phi) is 4.41. The van der Waals surface area contributed by atoms with Crippen LogP contribution in [0.15, 0.2) is 18.2 Å². The zero-order valence-corrected chi connectivity index (χ0v) is 12.5. The molecule has 1 aromatic rings. The van der Waals surface area contributed by atoms with E-state index in [4.69, 9.17) is 23.2 Å². The highest BCUT2D eigenvalue weighted by Gasteiger charge is 2.28. The summed E-state index contributed by atoms with van der Waals surface area (Å²) in [5.41, 5.74) is 1.19. The summed E-state index contributed by atoms with van der Waals surface area (Å²) in [6.45, 7) is 7.52. The van der Waals surface area contributed by atoms with Crippen molar-refractivity contribution in [3.63, 3.8) is 0 Å². The van der Waals surface area contributed by atoms with Crippen molar-refractivity contribution in [3.05, 3.63) is 28.2 Å². The molecule has 1 unspecified atom stereocenters. The van der Waals surface area contributed by atoms with Gasteiger partial charge in [-0.1, -0.05) is 30.1 Å². The van der Waals surface area contributed by atoms with E-state index < -0.39 is 0 Å². The standard InChI is InChI=1S/C14H20Cl2N2/c1-3-14(2)10-18(8-4-7-17-14)13-9-11(15)5-6-12(13)16/h5-6,9,17H,3-4,7-8,10H2,1-2H3. The summed E-state index contributed by atoms with van der Waals surface area (Å²) in [7, 11) is 0. The van der Waals surface area contributed by atoms with Crippen LogP contribution in [0.3, 0.4) is 0 Å². The molecule has 18 heavy (non-hydrogen) atoms. The number of benzene rings is 1. The molecular formula is C14H20Cl2N2. The molecule has 0 radical (unpaired) electrons. The number of halogens is 2. The Bertz CT molecular complexity index is 422. The highest BCUT2D eigenvalue weighted by atomic mass is 35.5. The van der Waals surface area contributed by atoms with Crippen LogP contribution in [-0.2, 0) is 0 Å². The van der Waals surface area contributed by atoms with Crippen LogP contribution in [-0.4, -0.2) is 25.2 Å². The maximum Gasteiger partial charge on any atom is 0.0640 e. The molecule has 1 fully saturated rings. The first kappa shape index (κ1) is 14.0. The molecule has 0 aromatic heterocycles. The molecule has 1 saturated heterocycles. The Labute approximate surface area is 119 Å². The van der Waals surface area contributed by atoms with E-state index in [2.05, 4.69) is 24.1 Å². The van der Waals surface area contributed by atoms with Gasteiger partial charge in [0, 0.05) is 23.7 Å². The zero-order chi connectivity index (χ0) is 13.2. The predicted octanol–water partition coefficient (Wildman–Crippen LogP) is 3.96. The molecular weight excluding hydrogens is 267 g/mol. The maximum atomic E-state index is 6.30. The molecule has 2 rings (SSSR count). The molecule has 2 nitrogen and oxygen atoms in total. The van der Waals surface area contributed by atoms with Gasteiger partial charge in [0.25, 0.3) is 0 Å². The molecule has 0 bridgehead atoms. The Morgan fingerprint density at radius 2 is 2.17 bits per heavy atom. The molecule has 1 aliphatic rings.